The molecule has 18 heavy (non-hydrogen) atoms. The van der Waals surface area contributed by atoms with Crippen LogP contribution in [-0.4, -0.2) is 30.0 Å². The molecule has 1 rings (SSSR count). The average Bonchev–Trinajstić information content (AvgIpc) is 2.39. The maximum Gasteiger partial charge on any atom is 0.276 e. The Morgan fingerprint density at radius 3 is 2.67 bits per heavy atom. The van der Waals surface area contributed by atoms with Gasteiger partial charge in [-0.15, -0.1) is 0 Å². The normalized spacial score (nSPS) is 10.2. The molecule has 0 aliphatic rings. The standard InChI is InChI=1S/C12H20N4O2/c1-4-6-7-15(5-2)12-9-10(16(17)18)8-11(13-3)14-12/h8-9H,4-7H2,1-3H3,(H,13,14). The van der Waals surface area contributed by atoms with Gasteiger partial charge in [-0.05, 0) is 13.3 Å². The lowest BCUT2D eigenvalue weighted by atomic mass is 10.3. The van der Waals surface area contributed by atoms with Gasteiger partial charge >= 0.3 is 0 Å². The summed E-state index contributed by atoms with van der Waals surface area (Å²) >= 11 is 0. The van der Waals surface area contributed by atoms with E-state index >= 15 is 0 Å². The fourth-order valence-electron chi connectivity index (χ4n) is 1.68. The molecule has 6 nitrogen and oxygen atoms in total. The van der Waals surface area contributed by atoms with Gasteiger partial charge in [0.15, 0.2) is 0 Å². The first-order valence-electron chi connectivity index (χ1n) is 6.21. The third-order valence-corrected chi connectivity index (χ3v) is 2.75. The van der Waals surface area contributed by atoms with E-state index in [0.29, 0.717) is 11.6 Å². The van der Waals surface area contributed by atoms with Crippen molar-refractivity contribution in [2.75, 3.05) is 30.4 Å². The highest BCUT2D eigenvalue weighted by Crippen LogP contribution is 2.23. The molecular weight excluding hydrogens is 232 g/mol. The monoisotopic (exact) mass is 252 g/mol. The summed E-state index contributed by atoms with van der Waals surface area (Å²) < 4.78 is 0. The summed E-state index contributed by atoms with van der Waals surface area (Å²) in [5, 5.41) is 13.7. The number of unbranched alkanes of at least 4 members (excludes halogenated alkanes) is 1. The van der Waals surface area contributed by atoms with E-state index in [1.54, 1.807) is 7.05 Å². The Morgan fingerprint density at radius 2 is 2.17 bits per heavy atom. The van der Waals surface area contributed by atoms with Gasteiger partial charge in [0.2, 0.25) is 0 Å². The van der Waals surface area contributed by atoms with E-state index < -0.39 is 0 Å². The van der Waals surface area contributed by atoms with Crippen molar-refractivity contribution in [3.8, 4) is 0 Å². The first-order valence-corrected chi connectivity index (χ1v) is 6.21. The molecule has 0 saturated heterocycles. The summed E-state index contributed by atoms with van der Waals surface area (Å²) in [5.41, 5.74) is 0.0688. The molecule has 0 atom stereocenters. The van der Waals surface area contributed by atoms with Gasteiger partial charge in [-0.3, -0.25) is 10.1 Å². The van der Waals surface area contributed by atoms with E-state index in [2.05, 4.69) is 22.1 Å². The molecule has 0 spiro atoms. The van der Waals surface area contributed by atoms with Crippen molar-refractivity contribution in [1.82, 2.24) is 4.98 Å². The molecule has 0 aliphatic carbocycles. The predicted molar refractivity (Wildman–Crippen MR) is 73.2 cm³/mol. The minimum absolute atomic E-state index is 0.0688. The van der Waals surface area contributed by atoms with E-state index in [1.165, 1.54) is 12.1 Å². The molecule has 0 radical (unpaired) electrons. The molecule has 0 saturated carbocycles. The summed E-state index contributed by atoms with van der Waals surface area (Å²) in [6, 6.07) is 2.97. The molecule has 0 aliphatic heterocycles. The molecule has 100 valence electrons. The van der Waals surface area contributed by atoms with Crippen LogP contribution in [0.2, 0.25) is 0 Å². The van der Waals surface area contributed by atoms with Crippen LogP contribution in [0, 0.1) is 10.1 Å². The van der Waals surface area contributed by atoms with Gasteiger partial charge in [0, 0.05) is 20.1 Å². The van der Waals surface area contributed by atoms with Crippen LogP contribution in [-0.2, 0) is 0 Å². The topological polar surface area (TPSA) is 71.3 Å². The van der Waals surface area contributed by atoms with Gasteiger partial charge in [-0.2, -0.15) is 0 Å². The Bertz CT molecular complexity index is 409. The third-order valence-electron chi connectivity index (χ3n) is 2.75. The van der Waals surface area contributed by atoms with Crippen LogP contribution in [0.25, 0.3) is 0 Å². The quantitative estimate of drug-likeness (QED) is 0.596. The second kappa shape index (κ2) is 6.78. The van der Waals surface area contributed by atoms with Gasteiger partial charge in [-0.1, -0.05) is 13.3 Å². The average molecular weight is 252 g/mol. The van der Waals surface area contributed by atoms with E-state index in [9.17, 15) is 10.1 Å². The minimum atomic E-state index is -0.389. The molecular formula is C12H20N4O2. The summed E-state index contributed by atoms with van der Waals surface area (Å²) in [5.74, 6) is 1.18. The van der Waals surface area contributed by atoms with Gasteiger partial charge in [-0.25, -0.2) is 4.98 Å². The molecule has 1 N–H and O–H groups in total. The van der Waals surface area contributed by atoms with Crippen molar-refractivity contribution in [2.24, 2.45) is 0 Å². The molecule has 6 heteroatoms. The maximum absolute atomic E-state index is 10.9. The van der Waals surface area contributed by atoms with E-state index in [1.807, 2.05) is 6.92 Å². The highest BCUT2D eigenvalue weighted by molar-refractivity contribution is 5.55. The Morgan fingerprint density at radius 1 is 1.44 bits per heavy atom. The molecule has 0 bridgehead atoms. The summed E-state index contributed by atoms with van der Waals surface area (Å²) in [7, 11) is 1.71. The van der Waals surface area contributed by atoms with Gasteiger partial charge in [0.05, 0.1) is 17.1 Å². The van der Waals surface area contributed by atoms with Crippen molar-refractivity contribution in [1.29, 1.82) is 0 Å². The molecule has 0 aromatic carbocycles. The van der Waals surface area contributed by atoms with Gasteiger partial charge in [0.1, 0.15) is 11.6 Å². The first kappa shape index (κ1) is 14.2. The van der Waals surface area contributed by atoms with E-state index in [4.69, 9.17) is 0 Å². The fraction of sp³-hybridized carbons (Fsp3) is 0.583. The van der Waals surface area contributed by atoms with Crippen molar-refractivity contribution < 1.29 is 4.92 Å². The molecule has 1 aromatic rings. The van der Waals surface area contributed by atoms with Crippen LogP contribution in [0.4, 0.5) is 17.3 Å². The van der Waals surface area contributed by atoms with Crippen molar-refractivity contribution in [3.63, 3.8) is 0 Å². The Kier molecular flexibility index (Phi) is 5.35. The van der Waals surface area contributed by atoms with Crippen LogP contribution in [0.3, 0.4) is 0 Å². The van der Waals surface area contributed by atoms with Crippen LogP contribution in [0.5, 0.6) is 0 Å². The number of aromatic nitrogens is 1. The van der Waals surface area contributed by atoms with Crippen LogP contribution < -0.4 is 10.2 Å². The summed E-state index contributed by atoms with van der Waals surface area (Å²) in [4.78, 5) is 16.9. The zero-order chi connectivity index (χ0) is 13.5. The third kappa shape index (κ3) is 3.58. The SMILES string of the molecule is CCCCN(CC)c1cc([N+](=O)[O-])cc(NC)n1. The number of nitrogens with zero attached hydrogens (tertiary/aromatic N) is 3. The smallest absolute Gasteiger partial charge is 0.276 e. The van der Waals surface area contributed by atoms with Crippen LogP contribution >= 0.6 is 0 Å². The number of pyridine rings is 1. The van der Waals surface area contributed by atoms with E-state index in [-0.39, 0.29) is 10.6 Å². The molecule has 0 unspecified atom stereocenters. The summed E-state index contributed by atoms with van der Waals surface area (Å²) in [6.07, 6.45) is 2.14. The summed E-state index contributed by atoms with van der Waals surface area (Å²) in [6.45, 7) is 5.80. The Labute approximate surface area is 107 Å². The maximum atomic E-state index is 10.9. The van der Waals surface area contributed by atoms with Crippen LogP contribution in [0.1, 0.15) is 26.7 Å². The number of nitrogens with one attached hydrogen (secondary N) is 1. The van der Waals surface area contributed by atoms with E-state index in [0.717, 1.165) is 25.9 Å². The fourth-order valence-corrected chi connectivity index (χ4v) is 1.68. The zero-order valence-corrected chi connectivity index (χ0v) is 11.1. The second-order valence-electron chi connectivity index (χ2n) is 4.01. The molecule has 0 fully saturated rings. The number of nitro groups is 1. The first-order chi connectivity index (χ1) is 8.62. The van der Waals surface area contributed by atoms with Crippen molar-refractivity contribution in [3.05, 3.63) is 22.2 Å². The second-order valence-corrected chi connectivity index (χ2v) is 4.01. The van der Waals surface area contributed by atoms with Crippen molar-refractivity contribution in [2.45, 2.75) is 26.7 Å². The van der Waals surface area contributed by atoms with Gasteiger partial charge < -0.3 is 10.2 Å². The molecule has 1 aromatic heterocycles. The largest absolute Gasteiger partial charge is 0.373 e. The number of hydrogen-bond acceptors (Lipinski definition) is 5. The number of anilines is 2. The zero-order valence-electron chi connectivity index (χ0n) is 11.1. The highest BCUT2D eigenvalue weighted by atomic mass is 16.6. The predicted octanol–water partition coefficient (Wildman–Crippen LogP) is 2.66. The minimum Gasteiger partial charge on any atom is -0.373 e. The highest BCUT2D eigenvalue weighted by Gasteiger charge is 2.14. The molecule has 0 amide bonds. The van der Waals surface area contributed by atoms with Crippen molar-refractivity contribution >= 4 is 17.3 Å². The number of hydrogen-bond donors (Lipinski definition) is 1. The Balaban J connectivity index is 3.04. The van der Waals surface area contributed by atoms with Gasteiger partial charge in [0.25, 0.3) is 5.69 Å². The lowest BCUT2D eigenvalue weighted by Gasteiger charge is -2.21. The lowest BCUT2D eigenvalue weighted by molar-refractivity contribution is -0.384. The lowest BCUT2D eigenvalue weighted by Crippen LogP contribution is -2.25. The van der Waals surface area contributed by atoms with Crippen LogP contribution in [0.15, 0.2) is 12.1 Å². The number of rotatable bonds is 7. The molecule has 1 heterocycles. The Hall–Kier alpha value is -1.85.